The number of hydrogen-bond donors (Lipinski definition) is 1. The van der Waals surface area contributed by atoms with Gasteiger partial charge in [-0.1, -0.05) is 6.07 Å². The van der Waals surface area contributed by atoms with Gasteiger partial charge in [0.1, 0.15) is 0 Å². The average molecular weight is 293 g/mol. The Morgan fingerprint density at radius 1 is 1.09 bits per heavy atom. The second-order valence-corrected chi connectivity index (χ2v) is 4.67. The van der Waals surface area contributed by atoms with Crippen LogP contribution in [0.3, 0.4) is 0 Å². The van der Waals surface area contributed by atoms with Crippen molar-refractivity contribution in [2.45, 2.75) is 0 Å². The van der Waals surface area contributed by atoms with Gasteiger partial charge in [0.15, 0.2) is 0 Å². The Labute approximate surface area is 125 Å². The molecule has 6 heteroatoms. The van der Waals surface area contributed by atoms with Crippen LogP contribution in [0.25, 0.3) is 10.9 Å². The largest absolute Gasteiger partial charge is 0.322 e. The van der Waals surface area contributed by atoms with Crippen LogP contribution in [0.4, 0.5) is 11.4 Å². The molecule has 1 amide bonds. The second-order valence-electron chi connectivity index (χ2n) is 4.67. The van der Waals surface area contributed by atoms with Gasteiger partial charge < -0.3 is 5.32 Å². The van der Waals surface area contributed by atoms with Crippen LogP contribution in [0.5, 0.6) is 0 Å². The van der Waals surface area contributed by atoms with Crippen molar-refractivity contribution in [1.82, 2.24) is 4.98 Å². The molecule has 3 aromatic rings. The first kappa shape index (κ1) is 13.7. The predicted octanol–water partition coefficient (Wildman–Crippen LogP) is 3.40. The van der Waals surface area contributed by atoms with Crippen molar-refractivity contribution in [3.63, 3.8) is 0 Å². The Morgan fingerprint density at radius 3 is 2.59 bits per heavy atom. The summed E-state index contributed by atoms with van der Waals surface area (Å²) < 4.78 is 0. The summed E-state index contributed by atoms with van der Waals surface area (Å²) in [4.78, 5) is 26.5. The van der Waals surface area contributed by atoms with Crippen LogP contribution in [0, 0.1) is 10.1 Å². The number of anilines is 1. The summed E-state index contributed by atoms with van der Waals surface area (Å²) >= 11 is 0. The van der Waals surface area contributed by atoms with Crippen molar-refractivity contribution in [3.8, 4) is 0 Å². The van der Waals surface area contributed by atoms with Crippen LogP contribution in [-0.4, -0.2) is 15.8 Å². The highest BCUT2D eigenvalue weighted by Gasteiger charge is 2.09. The Bertz CT molecular complexity index is 860. The highest BCUT2D eigenvalue weighted by atomic mass is 16.6. The summed E-state index contributed by atoms with van der Waals surface area (Å²) in [6.07, 6.45) is 1.69. The number of amides is 1. The van der Waals surface area contributed by atoms with E-state index >= 15 is 0 Å². The van der Waals surface area contributed by atoms with E-state index < -0.39 is 4.92 Å². The first-order chi connectivity index (χ1) is 10.6. The zero-order chi connectivity index (χ0) is 15.5. The van der Waals surface area contributed by atoms with Crippen LogP contribution in [0.2, 0.25) is 0 Å². The molecule has 22 heavy (non-hydrogen) atoms. The fourth-order valence-electron chi connectivity index (χ4n) is 2.09. The van der Waals surface area contributed by atoms with Gasteiger partial charge in [0, 0.05) is 35.0 Å². The number of pyridine rings is 1. The van der Waals surface area contributed by atoms with E-state index in [0.717, 1.165) is 10.9 Å². The Kier molecular flexibility index (Phi) is 3.49. The van der Waals surface area contributed by atoms with E-state index in [4.69, 9.17) is 0 Å². The molecule has 1 heterocycles. The maximum absolute atomic E-state index is 12.2. The number of nitrogens with one attached hydrogen (secondary N) is 1. The number of rotatable bonds is 3. The molecule has 0 aliphatic rings. The Balaban J connectivity index is 1.81. The van der Waals surface area contributed by atoms with Gasteiger partial charge >= 0.3 is 0 Å². The van der Waals surface area contributed by atoms with Gasteiger partial charge in [-0.15, -0.1) is 0 Å². The molecule has 1 N–H and O–H groups in total. The lowest BCUT2D eigenvalue weighted by Crippen LogP contribution is -2.11. The first-order valence-electron chi connectivity index (χ1n) is 6.54. The number of carbonyl (C=O) groups is 1. The lowest BCUT2D eigenvalue weighted by molar-refractivity contribution is -0.384. The maximum Gasteiger partial charge on any atom is 0.269 e. The molecule has 0 saturated carbocycles. The van der Waals surface area contributed by atoms with E-state index in [0.29, 0.717) is 11.3 Å². The molecule has 0 unspecified atom stereocenters. The summed E-state index contributed by atoms with van der Waals surface area (Å²) in [6.45, 7) is 0. The number of fused-ring (bicyclic) bond motifs is 1. The maximum atomic E-state index is 12.2. The Morgan fingerprint density at radius 2 is 1.86 bits per heavy atom. The minimum absolute atomic E-state index is 0.0187. The van der Waals surface area contributed by atoms with Crippen molar-refractivity contribution >= 4 is 28.2 Å². The molecule has 3 rings (SSSR count). The van der Waals surface area contributed by atoms with Crippen LogP contribution < -0.4 is 5.32 Å². The number of nitrogens with zero attached hydrogens (tertiary/aromatic N) is 2. The van der Waals surface area contributed by atoms with Crippen LogP contribution in [0.1, 0.15) is 10.4 Å². The third-order valence-corrected chi connectivity index (χ3v) is 3.20. The third kappa shape index (κ3) is 2.76. The number of nitro benzene ring substituents is 1. The third-order valence-electron chi connectivity index (χ3n) is 3.20. The summed E-state index contributed by atoms with van der Waals surface area (Å²) in [7, 11) is 0. The summed E-state index contributed by atoms with van der Waals surface area (Å²) in [5.74, 6) is -0.278. The molecular weight excluding hydrogens is 282 g/mol. The number of benzene rings is 2. The summed E-state index contributed by atoms with van der Waals surface area (Å²) in [5, 5.41) is 14.2. The minimum Gasteiger partial charge on any atom is -0.322 e. The van der Waals surface area contributed by atoms with E-state index in [1.54, 1.807) is 30.5 Å². The van der Waals surface area contributed by atoms with Crippen molar-refractivity contribution in [1.29, 1.82) is 0 Å². The molecule has 0 radical (unpaired) electrons. The van der Waals surface area contributed by atoms with Crippen LogP contribution in [0.15, 0.2) is 60.8 Å². The second kappa shape index (κ2) is 5.61. The van der Waals surface area contributed by atoms with Gasteiger partial charge in [0.05, 0.1) is 10.4 Å². The number of non-ortho nitro benzene ring substituents is 1. The average Bonchev–Trinajstić information content (AvgIpc) is 2.55. The Hall–Kier alpha value is -3.28. The first-order valence-corrected chi connectivity index (χ1v) is 6.54. The minimum atomic E-state index is -0.484. The fraction of sp³-hybridized carbons (Fsp3) is 0. The van der Waals surface area contributed by atoms with Gasteiger partial charge in [0.25, 0.3) is 11.6 Å². The number of nitro groups is 1. The topological polar surface area (TPSA) is 85.1 Å². The van der Waals surface area contributed by atoms with Gasteiger partial charge in [0.2, 0.25) is 0 Å². The van der Waals surface area contributed by atoms with Crippen LogP contribution >= 0.6 is 0 Å². The standard InChI is InChI=1S/C16H11N3O3/c20-16(18-13-4-6-14(7-5-13)19(21)22)12-3-8-15-11(10-12)2-1-9-17-15/h1-10H,(H,18,20). The van der Waals surface area contributed by atoms with E-state index in [1.807, 2.05) is 6.07 Å². The van der Waals surface area contributed by atoms with Crippen molar-refractivity contribution in [2.75, 3.05) is 5.32 Å². The fourth-order valence-corrected chi connectivity index (χ4v) is 2.09. The van der Waals surface area contributed by atoms with E-state index in [9.17, 15) is 14.9 Å². The molecule has 108 valence electrons. The normalized spacial score (nSPS) is 10.4. The SMILES string of the molecule is O=C(Nc1ccc([N+](=O)[O-])cc1)c1ccc2ncccc2c1. The molecule has 0 spiro atoms. The number of carbonyl (C=O) groups excluding carboxylic acids is 1. The summed E-state index contributed by atoms with van der Waals surface area (Å²) in [5.41, 5.74) is 1.80. The lowest BCUT2D eigenvalue weighted by atomic mass is 10.1. The molecule has 0 bridgehead atoms. The van der Waals surface area contributed by atoms with Crippen LogP contribution in [-0.2, 0) is 0 Å². The van der Waals surface area contributed by atoms with Gasteiger partial charge in [-0.2, -0.15) is 0 Å². The lowest BCUT2D eigenvalue weighted by Gasteiger charge is -2.06. The smallest absolute Gasteiger partial charge is 0.269 e. The van der Waals surface area contributed by atoms with Crippen molar-refractivity contribution in [2.24, 2.45) is 0 Å². The van der Waals surface area contributed by atoms with Gasteiger partial charge in [-0.25, -0.2) is 0 Å². The van der Waals surface area contributed by atoms with Crippen molar-refractivity contribution in [3.05, 3.63) is 76.5 Å². The molecule has 1 aromatic heterocycles. The van der Waals surface area contributed by atoms with E-state index in [-0.39, 0.29) is 11.6 Å². The zero-order valence-corrected chi connectivity index (χ0v) is 11.4. The quantitative estimate of drug-likeness (QED) is 0.592. The highest BCUT2D eigenvalue weighted by molar-refractivity contribution is 6.06. The molecule has 0 aliphatic heterocycles. The monoisotopic (exact) mass is 293 g/mol. The molecule has 0 aliphatic carbocycles. The zero-order valence-electron chi connectivity index (χ0n) is 11.4. The van der Waals surface area contributed by atoms with Crippen molar-refractivity contribution < 1.29 is 9.72 Å². The van der Waals surface area contributed by atoms with Gasteiger partial charge in [-0.05, 0) is 36.4 Å². The molecular formula is C16H11N3O3. The molecule has 6 nitrogen and oxygen atoms in total. The van der Waals surface area contributed by atoms with E-state index in [2.05, 4.69) is 10.3 Å². The predicted molar refractivity (Wildman–Crippen MR) is 82.8 cm³/mol. The number of aromatic nitrogens is 1. The molecule has 2 aromatic carbocycles. The summed E-state index contributed by atoms with van der Waals surface area (Å²) in [6, 6.07) is 14.6. The van der Waals surface area contributed by atoms with E-state index in [1.165, 1.54) is 24.3 Å². The van der Waals surface area contributed by atoms with Gasteiger partial charge in [-0.3, -0.25) is 19.9 Å². The number of hydrogen-bond acceptors (Lipinski definition) is 4. The molecule has 0 saturated heterocycles. The molecule has 0 fully saturated rings. The highest BCUT2D eigenvalue weighted by Crippen LogP contribution is 2.18. The molecule has 0 atom stereocenters.